The molecule has 0 unspecified atom stereocenters. The van der Waals surface area contributed by atoms with Crippen LogP contribution in [0.2, 0.25) is 5.28 Å². The molecule has 0 aliphatic carbocycles. The average molecular weight is 278 g/mol. The molecule has 19 heavy (non-hydrogen) atoms. The number of benzene rings is 1. The van der Waals surface area contributed by atoms with Crippen molar-refractivity contribution in [2.45, 2.75) is 13.0 Å². The Balaban J connectivity index is 2.19. The molecule has 0 aliphatic rings. The first-order valence-electron chi connectivity index (χ1n) is 5.96. The van der Waals surface area contributed by atoms with Crippen LogP contribution in [0.1, 0.15) is 18.5 Å². The number of nitrogens with zero attached hydrogens (tertiary/aromatic N) is 4. The second-order valence-electron chi connectivity index (χ2n) is 4.40. The Morgan fingerprint density at radius 3 is 2.42 bits per heavy atom. The minimum atomic E-state index is 0.0923. The number of anilines is 2. The van der Waals surface area contributed by atoms with Crippen molar-refractivity contribution in [3.63, 3.8) is 0 Å². The summed E-state index contributed by atoms with van der Waals surface area (Å²) >= 11 is 5.89. The van der Waals surface area contributed by atoms with Crippen LogP contribution in [0.25, 0.3) is 0 Å². The van der Waals surface area contributed by atoms with Crippen LogP contribution in [0.15, 0.2) is 30.3 Å². The first-order chi connectivity index (χ1) is 9.06. The van der Waals surface area contributed by atoms with E-state index in [1.165, 1.54) is 0 Å². The minimum absolute atomic E-state index is 0.0923. The van der Waals surface area contributed by atoms with E-state index in [2.05, 4.69) is 20.3 Å². The molecule has 0 saturated heterocycles. The summed E-state index contributed by atoms with van der Waals surface area (Å²) < 4.78 is 0. The van der Waals surface area contributed by atoms with E-state index in [9.17, 15) is 0 Å². The van der Waals surface area contributed by atoms with Crippen molar-refractivity contribution >= 4 is 23.5 Å². The van der Waals surface area contributed by atoms with Crippen molar-refractivity contribution in [3.05, 3.63) is 41.2 Å². The second kappa shape index (κ2) is 5.84. The first kappa shape index (κ1) is 13.5. The molecule has 1 atom stereocenters. The molecule has 1 aromatic heterocycles. The third-order valence-electron chi connectivity index (χ3n) is 2.64. The fourth-order valence-electron chi connectivity index (χ4n) is 1.62. The monoisotopic (exact) mass is 277 g/mol. The van der Waals surface area contributed by atoms with Crippen LogP contribution in [0, 0.1) is 0 Å². The van der Waals surface area contributed by atoms with Gasteiger partial charge >= 0.3 is 0 Å². The summed E-state index contributed by atoms with van der Waals surface area (Å²) in [6, 6.07) is 10.2. The van der Waals surface area contributed by atoms with Crippen LogP contribution in [0.5, 0.6) is 0 Å². The molecule has 1 N–H and O–H groups in total. The van der Waals surface area contributed by atoms with Gasteiger partial charge in [-0.05, 0) is 24.1 Å². The van der Waals surface area contributed by atoms with Gasteiger partial charge in [0, 0.05) is 14.1 Å². The van der Waals surface area contributed by atoms with Gasteiger partial charge in [0.25, 0.3) is 0 Å². The Kier molecular flexibility index (Phi) is 4.16. The maximum Gasteiger partial charge on any atom is 0.230 e. The van der Waals surface area contributed by atoms with Crippen LogP contribution in [-0.4, -0.2) is 29.0 Å². The Hall–Kier alpha value is -1.88. The van der Waals surface area contributed by atoms with Gasteiger partial charge in [-0.3, -0.25) is 0 Å². The van der Waals surface area contributed by atoms with E-state index in [0.29, 0.717) is 11.9 Å². The normalized spacial score (nSPS) is 12.0. The number of hydrogen-bond acceptors (Lipinski definition) is 5. The lowest BCUT2D eigenvalue weighted by Gasteiger charge is -2.16. The zero-order valence-corrected chi connectivity index (χ0v) is 11.9. The molecule has 0 saturated carbocycles. The highest BCUT2D eigenvalue weighted by Gasteiger charge is 2.10. The summed E-state index contributed by atoms with van der Waals surface area (Å²) in [6.45, 7) is 2.04. The molecule has 0 amide bonds. The predicted molar refractivity (Wildman–Crippen MR) is 77.6 cm³/mol. The molecule has 2 aromatic rings. The standard InChI is InChI=1S/C13H16ClN5/c1-9(10-7-5-4-6-8-10)15-12-16-11(14)17-13(18-12)19(2)3/h4-9H,1-3H3,(H,15,16,17,18)/t9-/m1/s1. The fourth-order valence-corrected chi connectivity index (χ4v) is 1.78. The van der Waals surface area contributed by atoms with Gasteiger partial charge in [-0.15, -0.1) is 0 Å². The number of hydrogen-bond donors (Lipinski definition) is 1. The van der Waals surface area contributed by atoms with E-state index in [0.717, 1.165) is 5.56 Å². The Morgan fingerprint density at radius 1 is 1.11 bits per heavy atom. The van der Waals surface area contributed by atoms with E-state index in [-0.39, 0.29) is 11.3 Å². The molecule has 5 nitrogen and oxygen atoms in total. The molecule has 6 heteroatoms. The molecule has 0 aliphatic heterocycles. The summed E-state index contributed by atoms with van der Waals surface area (Å²) in [7, 11) is 3.71. The van der Waals surface area contributed by atoms with E-state index in [1.54, 1.807) is 4.90 Å². The summed E-state index contributed by atoms with van der Waals surface area (Å²) in [6.07, 6.45) is 0. The quantitative estimate of drug-likeness (QED) is 0.931. The van der Waals surface area contributed by atoms with Crippen molar-refractivity contribution in [2.75, 3.05) is 24.3 Å². The summed E-state index contributed by atoms with van der Waals surface area (Å²) in [4.78, 5) is 14.2. The van der Waals surface area contributed by atoms with Gasteiger partial charge in [0.1, 0.15) is 0 Å². The number of aromatic nitrogens is 3. The van der Waals surface area contributed by atoms with Crippen LogP contribution in [0.3, 0.4) is 0 Å². The van der Waals surface area contributed by atoms with Gasteiger partial charge in [-0.25, -0.2) is 0 Å². The van der Waals surface area contributed by atoms with E-state index in [1.807, 2.05) is 51.4 Å². The Labute approximate surface area is 117 Å². The summed E-state index contributed by atoms with van der Waals surface area (Å²) in [5.41, 5.74) is 1.16. The van der Waals surface area contributed by atoms with Gasteiger partial charge in [-0.1, -0.05) is 30.3 Å². The highest BCUT2D eigenvalue weighted by Crippen LogP contribution is 2.18. The Morgan fingerprint density at radius 2 is 1.79 bits per heavy atom. The third kappa shape index (κ3) is 3.54. The number of halogens is 1. The largest absolute Gasteiger partial charge is 0.348 e. The van der Waals surface area contributed by atoms with Gasteiger partial charge < -0.3 is 10.2 Å². The van der Waals surface area contributed by atoms with Gasteiger partial charge in [0.15, 0.2) is 0 Å². The van der Waals surface area contributed by atoms with E-state index < -0.39 is 0 Å². The van der Waals surface area contributed by atoms with Crippen LogP contribution in [0.4, 0.5) is 11.9 Å². The van der Waals surface area contributed by atoms with Crippen molar-refractivity contribution in [1.29, 1.82) is 0 Å². The molecule has 2 rings (SSSR count). The van der Waals surface area contributed by atoms with Gasteiger partial charge in [0.05, 0.1) is 6.04 Å². The zero-order chi connectivity index (χ0) is 13.8. The number of nitrogens with one attached hydrogen (secondary N) is 1. The highest BCUT2D eigenvalue weighted by molar-refractivity contribution is 6.28. The Bertz CT molecular complexity index is 544. The molecule has 0 radical (unpaired) electrons. The first-order valence-corrected chi connectivity index (χ1v) is 6.34. The maximum atomic E-state index is 5.89. The molecular weight excluding hydrogens is 262 g/mol. The molecule has 1 aromatic carbocycles. The lowest BCUT2D eigenvalue weighted by Crippen LogP contribution is -2.16. The number of rotatable bonds is 4. The average Bonchev–Trinajstić information content (AvgIpc) is 2.39. The molecule has 100 valence electrons. The minimum Gasteiger partial charge on any atom is -0.348 e. The third-order valence-corrected chi connectivity index (χ3v) is 2.81. The highest BCUT2D eigenvalue weighted by atomic mass is 35.5. The van der Waals surface area contributed by atoms with Crippen molar-refractivity contribution in [1.82, 2.24) is 15.0 Å². The molecule has 0 bridgehead atoms. The van der Waals surface area contributed by atoms with Crippen molar-refractivity contribution < 1.29 is 0 Å². The summed E-state index contributed by atoms with van der Waals surface area (Å²) in [5, 5.41) is 3.40. The van der Waals surface area contributed by atoms with Crippen LogP contribution in [-0.2, 0) is 0 Å². The van der Waals surface area contributed by atoms with Crippen molar-refractivity contribution in [3.8, 4) is 0 Å². The van der Waals surface area contributed by atoms with Gasteiger partial charge in [-0.2, -0.15) is 15.0 Å². The van der Waals surface area contributed by atoms with Crippen molar-refractivity contribution in [2.24, 2.45) is 0 Å². The zero-order valence-electron chi connectivity index (χ0n) is 11.1. The topological polar surface area (TPSA) is 53.9 Å². The van der Waals surface area contributed by atoms with Crippen LogP contribution >= 0.6 is 11.6 Å². The fraction of sp³-hybridized carbons (Fsp3) is 0.308. The predicted octanol–water partition coefficient (Wildman–Crippen LogP) is 2.76. The molecule has 0 spiro atoms. The lowest BCUT2D eigenvalue weighted by atomic mass is 10.1. The van der Waals surface area contributed by atoms with Gasteiger partial charge in [0.2, 0.25) is 17.2 Å². The van der Waals surface area contributed by atoms with E-state index >= 15 is 0 Å². The molecular formula is C13H16ClN5. The second-order valence-corrected chi connectivity index (χ2v) is 4.74. The summed E-state index contributed by atoms with van der Waals surface area (Å²) in [5.74, 6) is 1.00. The molecule has 1 heterocycles. The lowest BCUT2D eigenvalue weighted by molar-refractivity contribution is 0.847. The smallest absolute Gasteiger partial charge is 0.230 e. The van der Waals surface area contributed by atoms with Crippen LogP contribution < -0.4 is 10.2 Å². The SMILES string of the molecule is C[C@@H](Nc1nc(Cl)nc(N(C)C)n1)c1ccccc1. The maximum absolute atomic E-state index is 5.89. The van der Waals surface area contributed by atoms with E-state index in [4.69, 9.17) is 11.6 Å². The molecule has 0 fully saturated rings.